The number of hydrogen-bond donors (Lipinski definition) is 1. The number of aliphatic hydroxyl groups is 1. The number of rotatable bonds is 3. The minimum absolute atomic E-state index is 0.257. The molecule has 10 heavy (non-hydrogen) atoms. The molecule has 1 N–H and O–H groups in total. The summed E-state index contributed by atoms with van der Waals surface area (Å²) in [5, 5.41) is 9.04. The van der Waals surface area contributed by atoms with E-state index in [0.29, 0.717) is 0 Å². The molecular formula is C7H12O3. The topological polar surface area (TPSA) is 46.5 Å². The third kappa shape index (κ3) is 2.19. The highest BCUT2D eigenvalue weighted by Gasteiger charge is 2.19. The second kappa shape index (κ2) is 4.06. The molecule has 0 aliphatic carbocycles. The summed E-state index contributed by atoms with van der Waals surface area (Å²) in [5.74, 6) is -0.875. The third-order valence-electron chi connectivity index (χ3n) is 1.31. The van der Waals surface area contributed by atoms with Gasteiger partial charge in [0.1, 0.15) is 0 Å². The van der Waals surface area contributed by atoms with E-state index >= 15 is 0 Å². The number of methoxy groups -OCH3 is 1. The predicted octanol–water partition coefficient (Wildman–Crippen LogP) is 0.342. The van der Waals surface area contributed by atoms with Gasteiger partial charge in [0.2, 0.25) is 0 Å². The largest absolute Gasteiger partial charge is 0.467 e. The van der Waals surface area contributed by atoms with Gasteiger partial charge < -0.3 is 9.84 Å². The van der Waals surface area contributed by atoms with Crippen molar-refractivity contribution in [2.24, 2.45) is 5.92 Å². The Morgan fingerprint density at radius 1 is 1.80 bits per heavy atom. The van der Waals surface area contributed by atoms with Crippen molar-refractivity contribution in [1.29, 1.82) is 0 Å². The Morgan fingerprint density at radius 2 is 2.30 bits per heavy atom. The highest BCUT2D eigenvalue weighted by Crippen LogP contribution is 2.04. The zero-order chi connectivity index (χ0) is 8.15. The molecule has 0 aromatic heterocycles. The van der Waals surface area contributed by atoms with Crippen LogP contribution in [0.4, 0.5) is 0 Å². The summed E-state index contributed by atoms with van der Waals surface area (Å²) >= 11 is 0. The van der Waals surface area contributed by atoms with E-state index in [9.17, 15) is 4.79 Å². The standard InChI is InChI=1S/C7H12O3/c1-4-5(2)6(8)7(9)10-3/h4-6,8H,1H2,2-3H3/t5-,6-/m1/s1. The zero-order valence-corrected chi connectivity index (χ0v) is 6.20. The molecule has 0 rings (SSSR count). The van der Waals surface area contributed by atoms with Crippen molar-refractivity contribution in [3.05, 3.63) is 12.7 Å². The SMILES string of the molecule is C=C[C@@H](C)[C@@H](O)C(=O)OC. The minimum Gasteiger partial charge on any atom is -0.467 e. The Balaban J connectivity index is 3.93. The molecule has 0 saturated carbocycles. The zero-order valence-electron chi connectivity index (χ0n) is 6.20. The van der Waals surface area contributed by atoms with Crippen molar-refractivity contribution >= 4 is 5.97 Å². The molecule has 2 atom stereocenters. The van der Waals surface area contributed by atoms with Crippen LogP contribution in [-0.4, -0.2) is 24.3 Å². The van der Waals surface area contributed by atoms with Gasteiger partial charge in [0.15, 0.2) is 6.10 Å². The lowest BCUT2D eigenvalue weighted by atomic mass is 10.1. The number of esters is 1. The van der Waals surface area contributed by atoms with Crippen LogP contribution in [0.25, 0.3) is 0 Å². The molecule has 0 unspecified atom stereocenters. The fraction of sp³-hybridized carbons (Fsp3) is 0.571. The van der Waals surface area contributed by atoms with E-state index in [1.165, 1.54) is 13.2 Å². The quantitative estimate of drug-likeness (QED) is 0.459. The van der Waals surface area contributed by atoms with Crippen LogP contribution in [0.5, 0.6) is 0 Å². The molecule has 0 heterocycles. The highest BCUT2D eigenvalue weighted by molar-refractivity contribution is 5.74. The molecule has 0 amide bonds. The maximum absolute atomic E-state index is 10.6. The summed E-state index contributed by atoms with van der Waals surface area (Å²) < 4.78 is 4.30. The van der Waals surface area contributed by atoms with Crippen molar-refractivity contribution < 1.29 is 14.6 Å². The Labute approximate surface area is 60.3 Å². The van der Waals surface area contributed by atoms with Crippen LogP contribution >= 0.6 is 0 Å². The van der Waals surface area contributed by atoms with E-state index in [0.717, 1.165) is 0 Å². The monoisotopic (exact) mass is 144 g/mol. The van der Waals surface area contributed by atoms with Gasteiger partial charge in [-0.25, -0.2) is 4.79 Å². The van der Waals surface area contributed by atoms with Crippen molar-refractivity contribution in [3.8, 4) is 0 Å². The van der Waals surface area contributed by atoms with E-state index in [1.807, 2.05) is 0 Å². The van der Waals surface area contributed by atoms with Crippen LogP contribution in [0.3, 0.4) is 0 Å². The first-order valence-electron chi connectivity index (χ1n) is 3.02. The maximum atomic E-state index is 10.6. The van der Waals surface area contributed by atoms with Gasteiger partial charge in [-0.1, -0.05) is 13.0 Å². The maximum Gasteiger partial charge on any atom is 0.335 e. The fourth-order valence-corrected chi connectivity index (χ4v) is 0.464. The Hall–Kier alpha value is -0.830. The minimum atomic E-state index is -1.08. The molecule has 0 aliphatic heterocycles. The summed E-state index contributed by atoms with van der Waals surface area (Å²) in [5.41, 5.74) is 0. The van der Waals surface area contributed by atoms with E-state index in [1.54, 1.807) is 6.92 Å². The van der Waals surface area contributed by atoms with Crippen LogP contribution < -0.4 is 0 Å². The van der Waals surface area contributed by atoms with Gasteiger partial charge in [-0.3, -0.25) is 0 Å². The molecule has 58 valence electrons. The smallest absolute Gasteiger partial charge is 0.335 e. The van der Waals surface area contributed by atoms with Crippen LogP contribution in [0, 0.1) is 5.92 Å². The van der Waals surface area contributed by atoms with E-state index in [4.69, 9.17) is 5.11 Å². The number of ether oxygens (including phenoxy) is 1. The van der Waals surface area contributed by atoms with E-state index in [-0.39, 0.29) is 5.92 Å². The van der Waals surface area contributed by atoms with Gasteiger partial charge >= 0.3 is 5.97 Å². The summed E-state index contributed by atoms with van der Waals surface area (Å²) in [6.07, 6.45) is 0.421. The Kier molecular flexibility index (Phi) is 3.72. The van der Waals surface area contributed by atoms with Gasteiger partial charge in [-0.2, -0.15) is 0 Å². The lowest BCUT2D eigenvalue weighted by molar-refractivity contribution is -0.152. The molecular weight excluding hydrogens is 132 g/mol. The van der Waals surface area contributed by atoms with Crippen molar-refractivity contribution in [2.75, 3.05) is 7.11 Å². The normalized spacial score (nSPS) is 15.5. The van der Waals surface area contributed by atoms with Crippen molar-refractivity contribution in [3.63, 3.8) is 0 Å². The van der Waals surface area contributed by atoms with Crippen LogP contribution in [0.15, 0.2) is 12.7 Å². The molecule has 0 spiro atoms. The third-order valence-corrected chi connectivity index (χ3v) is 1.31. The van der Waals surface area contributed by atoms with Crippen molar-refractivity contribution in [2.45, 2.75) is 13.0 Å². The predicted molar refractivity (Wildman–Crippen MR) is 37.4 cm³/mol. The molecule has 3 heteroatoms. The average Bonchev–Trinajstić information content (AvgIpc) is 2.00. The van der Waals surface area contributed by atoms with Crippen LogP contribution in [0.1, 0.15) is 6.92 Å². The molecule has 0 radical (unpaired) electrons. The first-order chi connectivity index (χ1) is 4.63. The first kappa shape index (κ1) is 9.17. The van der Waals surface area contributed by atoms with Gasteiger partial charge in [-0.05, 0) is 0 Å². The van der Waals surface area contributed by atoms with Gasteiger partial charge in [0, 0.05) is 5.92 Å². The highest BCUT2D eigenvalue weighted by atomic mass is 16.5. The van der Waals surface area contributed by atoms with Gasteiger partial charge in [0.25, 0.3) is 0 Å². The summed E-state index contributed by atoms with van der Waals surface area (Å²) in [6, 6.07) is 0. The molecule has 0 aromatic carbocycles. The molecule has 0 fully saturated rings. The second-order valence-corrected chi connectivity index (χ2v) is 2.06. The second-order valence-electron chi connectivity index (χ2n) is 2.06. The fourth-order valence-electron chi connectivity index (χ4n) is 0.464. The molecule has 0 aliphatic rings. The van der Waals surface area contributed by atoms with Crippen LogP contribution in [-0.2, 0) is 9.53 Å². The molecule has 0 saturated heterocycles. The molecule has 0 bridgehead atoms. The summed E-state index contributed by atoms with van der Waals surface area (Å²) in [4.78, 5) is 10.6. The molecule has 3 nitrogen and oxygen atoms in total. The van der Waals surface area contributed by atoms with E-state index in [2.05, 4.69) is 11.3 Å². The summed E-state index contributed by atoms with van der Waals surface area (Å²) in [7, 11) is 1.24. The Bertz CT molecular complexity index is 131. The lowest BCUT2D eigenvalue weighted by Gasteiger charge is -2.11. The molecule has 0 aromatic rings. The Morgan fingerprint density at radius 3 is 2.60 bits per heavy atom. The summed E-state index contributed by atoms with van der Waals surface area (Å²) in [6.45, 7) is 5.12. The van der Waals surface area contributed by atoms with Gasteiger partial charge in [0.05, 0.1) is 7.11 Å². The number of aliphatic hydroxyl groups excluding tert-OH is 1. The number of carbonyl (C=O) groups excluding carboxylic acids is 1. The van der Waals surface area contributed by atoms with Gasteiger partial charge in [-0.15, -0.1) is 6.58 Å². The lowest BCUT2D eigenvalue weighted by Crippen LogP contribution is -2.27. The van der Waals surface area contributed by atoms with Crippen LogP contribution in [0.2, 0.25) is 0 Å². The van der Waals surface area contributed by atoms with E-state index < -0.39 is 12.1 Å². The first-order valence-corrected chi connectivity index (χ1v) is 3.02. The number of carbonyl (C=O) groups is 1. The number of hydrogen-bond acceptors (Lipinski definition) is 3. The van der Waals surface area contributed by atoms with Crippen molar-refractivity contribution in [1.82, 2.24) is 0 Å². The average molecular weight is 144 g/mol.